The summed E-state index contributed by atoms with van der Waals surface area (Å²) in [6.07, 6.45) is 0. The summed E-state index contributed by atoms with van der Waals surface area (Å²) < 4.78 is 28.1. The summed E-state index contributed by atoms with van der Waals surface area (Å²) in [6, 6.07) is 3.37. The van der Waals surface area contributed by atoms with Crippen LogP contribution in [0.1, 0.15) is 25.5 Å². The normalized spacial score (nSPS) is 11.2. The second-order valence-corrected chi connectivity index (χ2v) is 4.58. The van der Waals surface area contributed by atoms with E-state index in [1.165, 1.54) is 16.8 Å². The van der Waals surface area contributed by atoms with Crippen LogP contribution in [-0.2, 0) is 7.05 Å². The minimum absolute atomic E-state index is 0.120. The van der Waals surface area contributed by atoms with Crippen LogP contribution >= 0.6 is 0 Å². The van der Waals surface area contributed by atoms with Gasteiger partial charge in [0.15, 0.2) is 0 Å². The van der Waals surface area contributed by atoms with Crippen molar-refractivity contribution in [3.63, 3.8) is 0 Å². The Morgan fingerprint density at radius 2 is 1.72 bits per heavy atom. The van der Waals surface area contributed by atoms with Gasteiger partial charge in [-0.2, -0.15) is 5.10 Å². The number of nitrogens with two attached hydrogens (primary N) is 1. The monoisotopic (exact) mass is 251 g/mol. The molecule has 0 spiro atoms. The lowest BCUT2D eigenvalue weighted by Crippen LogP contribution is -1.98. The molecule has 3 nitrogen and oxygen atoms in total. The van der Waals surface area contributed by atoms with Gasteiger partial charge in [-0.25, -0.2) is 8.78 Å². The van der Waals surface area contributed by atoms with E-state index >= 15 is 0 Å². The topological polar surface area (TPSA) is 43.8 Å². The molecule has 0 bridgehead atoms. The Labute approximate surface area is 104 Å². The fraction of sp³-hybridized carbons (Fsp3) is 0.308. The van der Waals surface area contributed by atoms with E-state index < -0.39 is 11.6 Å². The van der Waals surface area contributed by atoms with Crippen LogP contribution in [0.4, 0.5) is 14.6 Å². The first-order valence-corrected chi connectivity index (χ1v) is 5.69. The zero-order chi connectivity index (χ0) is 13.4. The quantitative estimate of drug-likeness (QED) is 0.891. The first-order chi connectivity index (χ1) is 8.40. The van der Waals surface area contributed by atoms with Gasteiger partial charge in [0.1, 0.15) is 17.5 Å². The van der Waals surface area contributed by atoms with Crippen molar-refractivity contribution in [3.05, 3.63) is 35.5 Å². The number of hydrogen-bond acceptors (Lipinski definition) is 2. The van der Waals surface area contributed by atoms with Gasteiger partial charge in [-0.3, -0.25) is 4.68 Å². The van der Waals surface area contributed by atoms with Crippen molar-refractivity contribution in [2.75, 3.05) is 5.73 Å². The molecule has 0 unspecified atom stereocenters. The van der Waals surface area contributed by atoms with Gasteiger partial charge < -0.3 is 5.73 Å². The lowest BCUT2D eigenvalue weighted by atomic mass is 9.99. The van der Waals surface area contributed by atoms with E-state index in [9.17, 15) is 8.78 Å². The molecule has 0 aliphatic heterocycles. The average Bonchev–Trinajstić information content (AvgIpc) is 2.54. The highest BCUT2D eigenvalue weighted by atomic mass is 19.1. The molecule has 5 heteroatoms. The molecule has 0 amide bonds. The molecule has 0 aliphatic carbocycles. The predicted octanol–water partition coefficient (Wildman–Crippen LogP) is 3.07. The lowest BCUT2D eigenvalue weighted by molar-refractivity contribution is 0.584. The van der Waals surface area contributed by atoms with Crippen molar-refractivity contribution in [1.82, 2.24) is 9.78 Å². The van der Waals surface area contributed by atoms with Gasteiger partial charge in [-0.05, 0) is 23.6 Å². The van der Waals surface area contributed by atoms with Crippen molar-refractivity contribution in [1.29, 1.82) is 0 Å². The van der Waals surface area contributed by atoms with Crippen LogP contribution in [0.2, 0.25) is 0 Å². The number of rotatable bonds is 2. The van der Waals surface area contributed by atoms with E-state index in [0.717, 1.165) is 11.8 Å². The molecule has 0 radical (unpaired) electrons. The molecule has 0 saturated carbocycles. The molecule has 1 aromatic carbocycles. The summed E-state index contributed by atoms with van der Waals surface area (Å²) in [5.74, 6) is -0.718. The fourth-order valence-corrected chi connectivity index (χ4v) is 1.96. The minimum Gasteiger partial charge on any atom is -0.383 e. The Morgan fingerprint density at radius 1 is 1.17 bits per heavy atom. The second-order valence-electron chi connectivity index (χ2n) is 4.58. The Hall–Kier alpha value is -1.91. The molecule has 0 saturated heterocycles. The van der Waals surface area contributed by atoms with Crippen LogP contribution in [-0.4, -0.2) is 9.78 Å². The van der Waals surface area contributed by atoms with Gasteiger partial charge in [0.05, 0.1) is 5.69 Å². The summed E-state index contributed by atoms with van der Waals surface area (Å²) in [7, 11) is 1.71. The number of benzene rings is 1. The number of nitrogen functional groups attached to an aromatic ring is 1. The van der Waals surface area contributed by atoms with Gasteiger partial charge in [0.2, 0.25) is 0 Å². The summed E-state index contributed by atoms with van der Waals surface area (Å²) in [5.41, 5.74) is 7.69. The Bertz CT molecular complexity index is 568. The predicted molar refractivity (Wildman–Crippen MR) is 67.1 cm³/mol. The number of anilines is 1. The Morgan fingerprint density at radius 3 is 2.22 bits per heavy atom. The SMILES string of the molecule is CC(C)c1nn(C)c(N)c1-c1cc(F)cc(F)c1. The standard InChI is InChI=1S/C13H15F2N3/c1-7(2)12-11(13(16)18(3)17-12)8-4-9(14)6-10(15)5-8/h4-7H,16H2,1-3H3. The van der Waals surface area contributed by atoms with Gasteiger partial charge in [0, 0.05) is 18.7 Å². The summed E-state index contributed by atoms with van der Waals surface area (Å²) >= 11 is 0. The van der Waals surface area contributed by atoms with Crippen molar-refractivity contribution in [2.24, 2.45) is 7.05 Å². The molecule has 0 atom stereocenters. The molecule has 1 heterocycles. The van der Waals surface area contributed by atoms with Crippen LogP contribution in [0.5, 0.6) is 0 Å². The third-order valence-electron chi connectivity index (χ3n) is 2.82. The highest BCUT2D eigenvalue weighted by molar-refractivity contribution is 5.77. The molecule has 2 rings (SSSR count). The third-order valence-corrected chi connectivity index (χ3v) is 2.82. The maximum atomic E-state index is 13.3. The zero-order valence-corrected chi connectivity index (χ0v) is 10.5. The van der Waals surface area contributed by atoms with E-state index in [-0.39, 0.29) is 5.92 Å². The number of aryl methyl sites for hydroxylation is 1. The van der Waals surface area contributed by atoms with E-state index in [4.69, 9.17) is 5.73 Å². The molecule has 96 valence electrons. The molecular weight excluding hydrogens is 236 g/mol. The third kappa shape index (κ3) is 2.08. The van der Waals surface area contributed by atoms with Crippen LogP contribution in [0.25, 0.3) is 11.1 Å². The molecule has 1 aromatic heterocycles. The van der Waals surface area contributed by atoms with Crippen molar-refractivity contribution >= 4 is 5.82 Å². The first-order valence-electron chi connectivity index (χ1n) is 5.69. The van der Waals surface area contributed by atoms with Gasteiger partial charge in [-0.1, -0.05) is 13.8 Å². The van der Waals surface area contributed by atoms with Crippen LogP contribution < -0.4 is 5.73 Å². The summed E-state index contributed by atoms with van der Waals surface area (Å²) in [4.78, 5) is 0. The van der Waals surface area contributed by atoms with Crippen molar-refractivity contribution in [2.45, 2.75) is 19.8 Å². The molecule has 2 N–H and O–H groups in total. The molecular formula is C13H15F2N3. The average molecular weight is 251 g/mol. The minimum atomic E-state index is -0.622. The molecule has 2 aromatic rings. The van der Waals surface area contributed by atoms with E-state index in [1.807, 2.05) is 13.8 Å². The van der Waals surface area contributed by atoms with Gasteiger partial charge in [0.25, 0.3) is 0 Å². The Kier molecular flexibility index (Phi) is 3.07. The smallest absolute Gasteiger partial charge is 0.129 e. The van der Waals surface area contributed by atoms with Gasteiger partial charge in [-0.15, -0.1) is 0 Å². The highest BCUT2D eigenvalue weighted by Crippen LogP contribution is 2.34. The van der Waals surface area contributed by atoms with Crippen molar-refractivity contribution < 1.29 is 8.78 Å². The number of aromatic nitrogens is 2. The van der Waals surface area contributed by atoms with Crippen LogP contribution in [0.15, 0.2) is 18.2 Å². The van der Waals surface area contributed by atoms with Crippen LogP contribution in [0.3, 0.4) is 0 Å². The lowest BCUT2D eigenvalue weighted by Gasteiger charge is -2.07. The second kappa shape index (κ2) is 4.40. The number of hydrogen-bond donors (Lipinski definition) is 1. The molecule has 18 heavy (non-hydrogen) atoms. The fourth-order valence-electron chi connectivity index (χ4n) is 1.96. The van der Waals surface area contributed by atoms with E-state index in [0.29, 0.717) is 16.9 Å². The summed E-state index contributed by atoms with van der Waals surface area (Å²) in [5, 5.41) is 4.29. The van der Waals surface area contributed by atoms with E-state index in [2.05, 4.69) is 5.10 Å². The first kappa shape index (κ1) is 12.5. The molecule has 0 aliphatic rings. The summed E-state index contributed by atoms with van der Waals surface area (Å²) in [6.45, 7) is 3.92. The highest BCUT2D eigenvalue weighted by Gasteiger charge is 2.19. The molecule has 0 fully saturated rings. The number of halogens is 2. The largest absolute Gasteiger partial charge is 0.383 e. The van der Waals surface area contributed by atoms with Crippen LogP contribution in [0, 0.1) is 11.6 Å². The zero-order valence-electron chi connectivity index (χ0n) is 10.5. The van der Waals surface area contributed by atoms with Gasteiger partial charge >= 0.3 is 0 Å². The van der Waals surface area contributed by atoms with E-state index in [1.54, 1.807) is 7.05 Å². The maximum absolute atomic E-state index is 13.3. The maximum Gasteiger partial charge on any atom is 0.129 e. The van der Waals surface area contributed by atoms with Crippen molar-refractivity contribution in [3.8, 4) is 11.1 Å². The number of nitrogens with zero attached hydrogens (tertiary/aromatic N) is 2. The Balaban J connectivity index is 2.69.